The minimum Gasteiger partial charge on any atom is -0.490 e. The monoisotopic (exact) mass is 465 g/mol. The summed E-state index contributed by atoms with van der Waals surface area (Å²) in [7, 11) is 0. The van der Waals surface area contributed by atoms with Crippen LogP contribution in [-0.2, 0) is 19.4 Å². The summed E-state index contributed by atoms with van der Waals surface area (Å²) < 4.78 is 8.26. The first kappa shape index (κ1) is 22.6. The van der Waals surface area contributed by atoms with E-state index in [1.165, 1.54) is 5.56 Å². The van der Waals surface area contributed by atoms with Crippen molar-refractivity contribution >= 4 is 17.4 Å². The molecule has 0 aliphatic heterocycles. The zero-order valence-corrected chi connectivity index (χ0v) is 19.4. The van der Waals surface area contributed by atoms with Crippen molar-refractivity contribution in [1.82, 2.24) is 9.55 Å². The summed E-state index contributed by atoms with van der Waals surface area (Å²) in [5, 5.41) is 3.03. The molecule has 1 aliphatic carbocycles. The van der Waals surface area contributed by atoms with Crippen LogP contribution in [0.4, 0.5) is 5.69 Å². The molecule has 176 valence electrons. The van der Waals surface area contributed by atoms with E-state index in [0.717, 1.165) is 30.5 Å². The maximum Gasteiger partial charge on any atom is 0.255 e. The smallest absolute Gasteiger partial charge is 0.255 e. The van der Waals surface area contributed by atoms with Gasteiger partial charge in [0.2, 0.25) is 0 Å². The second-order valence-corrected chi connectivity index (χ2v) is 8.65. The third-order valence-electron chi connectivity index (χ3n) is 6.30. The number of carbonyl (C=O) groups excluding carboxylic acids is 2. The number of Topliss-reactive ketones (excluding diaryl/α,β-unsaturated/α-hetero) is 1. The standard InChI is InChI=1S/C29H27N3O3/c33-26-13-7-12-25-24(26)14-15-27(28(25)31-29(34)22-10-5-2-6-11-22)35-17-16-32-20-30-19-23(32)18-21-8-3-1-4-9-21/h1-6,8-11,14-15,19-20H,7,12-13,16-18H2,(H,31,34). The Hall–Kier alpha value is -4.19. The van der Waals surface area contributed by atoms with Gasteiger partial charge in [0.25, 0.3) is 5.91 Å². The summed E-state index contributed by atoms with van der Waals surface area (Å²) >= 11 is 0. The van der Waals surface area contributed by atoms with E-state index in [1.54, 1.807) is 18.2 Å². The van der Waals surface area contributed by atoms with Crippen LogP contribution in [0.3, 0.4) is 0 Å². The predicted molar refractivity (Wildman–Crippen MR) is 135 cm³/mol. The summed E-state index contributed by atoms with van der Waals surface area (Å²) in [5.74, 6) is 0.464. The number of rotatable bonds is 8. The van der Waals surface area contributed by atoms with Crippen LogP contribution >= 0.6 is 0 Å². The Labute approximate surface area is 204 Å². The van der Waals surface area contributed by atoms with Gasteiger partial charge in [0, 0.05) is 35.9 Å². The van der Waals surface area contributed by atoms with Crippen molar-refractivity contribution in [2.45, 2.75) is 32.2 Å². The molecule has 0 atom stereocenters. The van der Waals surface area contributed by atoms with Crippen LogP contribution in [0.25, 0.3) is 0 Å². The normalized spacial score (nSPS) is 12.7. The molecule has 1 aromatic heterocycles. The number of anilines is 1. The molecular weight excluding hydrogens is 438 g/mol. The highest BCUT2D eigenvalue weighted by atomic mass is 16.5. The number of amides is 1. The van der Waals surface area contributed by atoms with Gasteiger partial charge >= 0.3 is 0 Å². The molecule has 6 nitrogen and oxygen atoms in total. The van der Waals surface area contributed by atoms with E-state index in [9.17, 15) is 9.59 Å². The molecule has 4 aromatic rings. The number of nitrogens with zero attached hydrogens (tertiary/aromatic N) is 2. The van der Waals surface area contributed by atoms with E-state index in [2.05, 4.69) is 27.0 Å². The largest absolute Gasteiger partial charge is 0.490 e. The fourth-order valence-corrected chi connectivity index (χ4v) is 4.50. The Morgan fingerprint density at radius 1 is 0.971 bits per heavy atom. The van der Waals surface area contributed by atoms with Crippen LogP contribution < -0.4 is 10.1 Å². The molecule has 6 heteroatoms. The molecule has 0 fully saturated rings. The molecule has 0 unspecified atom stereocenters. The number of hydrogen-bond acceptors (Lipinski definition) is 4. The van der Waals surface area contributed by atoms with Crippen LogP contribution in [0, 0.1) is 0 Å². The molecular formula is C29H27N3O3. The molecule has 0 radical (unpaired) electrons. The van der Waals surface area contributed by atoms with Gasteiger partial charge < -0.3 is 14.6 Å². The fourth-order valence-electron chi connectivity index (χ4n) is 4.50. The highest BCUT2D eigenvalue weighted by molar-refractivity contribution is 6.07. The summed E-state index contributed by atoms with van der Waals surface area (Å²) in [6, 6.07) is 23.0. The number of imidazole rings is 1. The minimum atomic E-state index is -0.221. The number of aromatic nitrogens is 2. The lowest BCUT2D eigenvalue weighted by atomic mass is 9.89. The molecule has 0 spiro atoms. The van der Waals surface area contributed by atoms with Crippen molar-refractivity contribution in [3.8, 4) is 5.75 Å². The van der Waals surface area contributed by atoms with Gasteiger partial charge in [-0.1, -0.05) is 48.5 Å². The highest BCUT2D eigenvalue weighted by Gasteiger charge is 2.24. The Bertz CT molecular complexity index is 1330. The number of nitrogens with one attached hydrogen (secondary N) is 1. The van der Waals surface area contributed by atoms with E-state index in [0.29, 0.717) is 42.1 Å². The minimum absolute atomic E-state index is 0.108. The lowest BCUT2D eigenvalue weighted by molar-refractivity contribution is 0.0970. The molecule has 35 heavy (non-hydrogen) atoms. The fraction of sp³-hybridized carbons (Fsp3) is 0.207. The van der Waals surface area contributed by atoms with Gasteiger partial charge in [-0.25, -0.2) is 4.98 Å². The molecule has 1 aliphatic rings. The SMILES string of the molecule is O=C(Nc1c(OCCn2cncc2Cc2ccccc2)ccc2c1CCCC2=O)c1ccccc1. The Kier molecular flexibility index (Phi) is 6.70. The third kappa shape index (κ3) is 5.17. The third-order valence-corrected chi connectivity index (χ3v) is 6.30. The summed E-state index contributed by atoms with van der Waals surface area (Å²) in [6.07, 6.45) is 6.51. The van der Waals surface area contributed by atoms with Crippen LogP contribution in [0.1, 0.15) is 50.4 Å². The molecule has 1 N–H and O–H groups in total. The number of fused-ring (bicyclic) bond motifs is 1. The summed E-state index contributed by atoms with van der Waals surface area (Å²) in [4.78, 5) is 29.8. The summed E-state index contributed by atoms with van der Waals surface area (Å²) in [6.45, 7) is 1.02. The second kappa shape index (κ2) is 10.4. The van der Waals surface area contributed by atoms with E-state index in [4.69, 9.17) is 4.74 Å². The van der Waals surface area contributed by atoms with Gasteiger partial charge in [-0.3, -0.25) is 9.59 Å². The van der Waals surface area contributed by atoms with Crippen molar-refractivity contribution in [3.63, 3.8) is 0 Å². The molecule has 0 saturated heterocycles. The number of carbonyl (C=O) groups is 2. The lowest BCUT2D eigenvalue weighted by Crippen LogP contribution is -2.19. The van der Waals surface area contributed by atoms with Crippen molar-refractivity contribution in [2.75, 3.05) is 11.9 Å². The highest BCUT2D eigenvalue weighted by Crippen LogP contribution is 2.36. The number of ketones is 1. The van der Waals surface area contributed by atoms with Gasteiger partial charge in [-0.2, -0.15) is 0 Å². The van der Waals surface area contributed by atoms with Crippen molar-refractivity contribution in [3.05, 3.63) is 113 Å². The van der Waals surface area contributed by atoms with E-state index in [-0.39, 0.29) is 11.7 Å². The van der Waals surface area contributed by atoms with Crippen LogP contribution in [0.15, 0.2) is 85.3 Å². The zero-order chi connectivity index (χ0) is 24.0. The first-order valence-corrected chi connectivity index (χ1v) is 11.9. The number of benzene rings is 3. The van der Waals surface area contributed by atoms with Gasteiger partial charge in [0.05, 0.1) is 18.6 Å². The quantitative estimate of drug-likeness (QED) is 0.382. The van der Waals surface area contributed by atoms with Crippen molar-refractivity contribution in [1.29, 1.82) is 0 Å². The number of hydrogen-bond donors (Lipinski definition) is 1. The van der Waals surface area contributed by atoms with Crippen LogP contribution in [-0.4, -0.2) is 27.8 Å². The molecule has 0 bridgehead atoms. The van der Waals surface area contributed by atoms with E-state index < -0.39 is 0 Å². The lowest BCUT2D eigenvalue weighted by Gasteiger charge is -2.22. The molecule has 3 aromatic carbocycles. The Morgan fingerprint density at radius 3 is 2.54 bits per heavy atom. The maximum absolute atomic E-state index is 12.9. The Morgan fingerprint density at radius 2 is 1.74 bits per heavy atom. The average Bonchev–Trinajstić information content (AvgIpc) is 3.33. The van der Waals surface area contributed by atoms with Crippen LogP contribution in [0.5, 0.6) is 5.75 Å². The topological polar surface area (TPSA) is 73.2 Å². The molecule has 1 heterocycles. The van der Waals surface area contributed by atoms with Gasteiger partial charge in [0.15, 0.2) is 5.78 Å². The number of ether oxygens (including phenoxy) is 1. The van der Waals surface area contributed by atoms with Gasteiger partial charge in [-0.15, -0.1) is 0 Å². The maximum atomic E-state index is 12.9. The Balaban J connectivity index is 1.34. The first-order valence-electron chi connectivity index (χ1n) is 11.9. The van der Waals surface area contributed by atoms with Gasteiger partial charge in [-0.05, 0) is 48.2 Å². The molecule has 5 rings (SSSR count). The van der Waals surface area contributed by atoms with E-state index >= 15 is 0 Å². The predicted octanol–water partition coefficient (Wildman–Crippen LogP) is 5.32. The zero-order valence-electron chi connectivity index (χ0n) is 19.4. The summed E-state index contributed by atoms with van der Waals surface area (Å²) in [5.41, 5.74) is 5.01. The average molecular weight is 466 g/mol. The van der Waals surface area contributed by atoms with Crippen molar-refractivity contribution < 1.29 is 14.3 Å². The van der Waals surface area contributed by atoms with Crippen LogP contribution in [0.2, 0.25) is 0 Å². The molecule has 0 saturated carbocycles. The first-order chi connectivity index (χ1) is 17.2. The van der Waals surface area contributed by atoms with Gasteiger partial charge in [0.1, 0.15) is 12.4 Å². The second-order valence-electron chi connectivity index (χ2n) is 8.65. The van der Waals surface area contributed by atoms with Crippen molar-refractivity contribution in [2.24, 2.45) is 0 Å². The molecule has 1 amide bonds. The van der Waals surface area contributed by atoms with E-state index in [1.807, 2.05) is 55.0 Å².